The van der Waals surface area contributed by atoms with Crippen LogP contribution >= 0.6 is 33.5 Å². The van der Waals surface area contributed by atoms with E-state index in [4.69, 9.17) is 36.4 Å². The second-order valence-electron chi connectivity index (χ2n) is 1.52. The molecule has 0 unspecified atom stereocenters. The molecule has 0 aliphatic heterocycles. The van der Waals surface area contributed by atoms with Gasteiger partial charge in [0.15, 0.2) is 0 Å². The quantitative estimate of drug-likeness (QED) is 0.373. The van der Waals surface area contributed by atoms with Gasteiger partial charge in [-0.2, -0.15) is 0 Å². The van der Waals surface area contributed by atoms with Crippen molar-refractivity contribution in [1.82, 2.24) is 0 Å². The maximum absolute atomic E-state index is 8.46. The maximum Gasteiger partial charge on any atom is 0.250 e. The standard InChI is InChI=1S/H8O10S3/c1-11(2,3)9-13(7,8)10-12(4,5)6/h1-8H. The average molecular weight is 264 g/mol. The number of hydrogen-bond donors (Lipinski definition) is 8. The Hall–Kier alpha value is 0.650. The highest BCUT2D eigenvalue weighted by atomic mass is 32.4. The van der Waals surface area contributed by atoms with E-state index < -0.39 is 33.5 Å². The smallest absolute Gasteiger partial charge is 0.250 e. The average Bonchev–Trinajstić information content (AvgIpc) is 1.43. The minimum absolute atomic E-state index is 3.26. The molecule has 0 fully saturated rings. The van der Waals surface area contributed by atoms with Gasteiger partial charge in [-0.05, 0) is 0 Å². The molecule has 10 nitrogen and oxygen atoms in total. The number of rotatable bonds is 4. The summed E-state index contributed by atoms with van der Waals surface area (Å²) in [5.74, 6) is 0. The molecule has 0 saturated heterocycles. The first kappa shape index (κ1) is 13.7. The van der Waals surface area contributed by atoms with E-state index in [9.17, 15) is 0 Å². The summed E-state index contributed by atoms with van der Waals surface area (Å²) >= 11 is -14.3. The summed E-state index contributed by atoms with van der Waals surface area (Å²) < 4.78 is 72.1. The third-order valence-electron chi connectivity index (χ3n) is 0.360. The maximum atomic E-state index is 8.46. The van der Waals surface area contributed by atoms with E-state index in [2.05, 4.69) is 7.26 Å². The topological polar surface area (TPSA) is 180 Å². The summed E-state index contributed by atoms with van der Waals surface area (Å²) in [6, 6.07) is 0. The van der Waals surface area contributed by atoms with E-state index in [0.717, 1.165) is 0 Å². The van der Waals surface area contributed by atoms with Crippen molar-refractivity contribution >= 4 is 33.5 Å². The van der Waals surface area contributed by atoms with E-state index >= 15 is 0 Å². The second kappa shape index (κ2) is 4.03. The minimum atomic E-state index is -4.82. The molecular weight excluding hydrogens is 256 g/mol. The predicted octanol–water partition coefficient (Wildman–Crippen LogP) is 1.88. The van der Waals surface area contributed by atoms with Crippen LogP contribution in [0.2, 0.25) is 0 Å². The summed E-state index contributed by atoms with van der Waals surface area (Å²) in [4.78, 5) is 0. The highest BCUT2D eigenvalue weighted by Gasteiger charge is 2.36. The Balaban J connectivity index is 4.25. The SMILES string of the molecule is OS(O)(O)OS(O)(O)OS(O)(O)O. The van der Waals surface area contributed by atoms with Gasteiger partial charge in [-0.3, -0.25) is 36.4 Å². The summed E-state index contributed by atoms with van der Waals surface area (Å²) in [5.41, 5.74) is 0. The van der Waals surface area contributed by atoms with Crippen LogP contribution in [-0.4, -0.2) is 36.4 Å². The Bertz CT molecular complexity index is 142. The van der Waals surface area contributed by atoms with Crippen LogP contribution in [0.25, 0.3) is 0 Å². The molecule has 0 aliphatic rings. The third kappa shape index (κ3) is 8.97. The van der Waals surface area contributed by atoms with Crippen LogP contribution in [0.4, 0.5) is 0 Å². The normalized spacial score (nSPS) is 18.5. The van der Waals surface area contributed by atoms with Crippen molar-refractivity contribution in [3.05, 3.63) is 0 Å². The van der Waals surface area contributed by atoms with E-state index in [-0.39, 0.29) is 0 Å². The van der Waals surface area contributed by atoms with Crippen molar-refractivity contribution in [2.24, 2.45) is 0 Å². The molecule has 0 saturated carbocycles. The van der Waals surface area contributed by atoms with Crippen LogP contribution in [0, 0.1) is 0 Å². The molecule has 0 aromatic carbocycles. The molecule has 0 aromatic rings. The van der Waals surface area contributed by atoms with Crippen LogP contribution in [0.5, 0.6) is 0 Å². The first-order valence-corrected chi connectivity index (χ1v) is 6.38. The largest absolute Gasteiger partial charge is 0.286 e. The lowest BCUT2D eigenvalue weighted by Gasteiger charge is -2.32. The Morgan fingerprint density at radius 1 is 0.538 bits per heavy atom. The van der Waals surface area contributed by atoms with Crippen molar-refractivity contribution in [3.63, 3.8) is 0 Å². The molecule has 0 heterocycles. The van der Waals surface area contributed by atoms with Gasteiger partial charge < -0.3 is 0 Å². The molecule has 86 valence electrons. The first-order valence-electron chi connectivity index (χ1n) is 2.13. The fraction of sp³-hybridized carbons (Fsp3) is 0. The Kier molecular flexibility index (Phi) is 4.23. The molecule has 13 heavy (non-hydrogen) atoms. The van der Waals surface area contributed by atoms with E-state index in [1.54, 1.807) is 0 Å². The zero-order valence-corrected chi connectivity index (χ0v) is 8.07. The van der Waals surface area contributed by atoms with Crippen LogP contribution < -0.4 is 0 Å². The molecule has 0 aromatic heterocycles. The van der Waals surface area contributed by atoms with Crippen LogP contribution in [0.3, 0.4) is 0 Å². The van der Waals surface area contributed by atoms with E-state index in [0.29, 0.717) is 0 Å². The van der Waals surface area contributed by atoms with Gasteiger partial charge in [0, 0.05) is 0 Å². The predicted molar refractivity (Wildman–Crippen MR) is 46.0 cm³/mol. The van der Waals surface area contributed by atoms with Crippen LogP contribution in [-0.2, 0) is 7.26 Å². The molecule has 0 aliphatic carbocycles. The zero-order chi connectivity index (χ0) is 10.9. The van der Waals surface area contributed by atoms with Gasteiger partial charge in [0.05, 0.1) is 0 Å². The lowest BCUT2D eigenvalue weighted by Crippen LogP contribution is -2.12. The lowest BCUT2D eigenvalue weighted by atomic mass is 15.7. The summed E-state index contributed by atoms with van der Waals surface area (Å²) in [5, 5.41) is 0. The Morgan fingerprint density at radius 3 is 0.923 bits per heavy atom. The molecule has 0 rings (SSSR count). The third-order valence-corrected chi connectivity index (χ3v) is 3.24. The monoisotopic (exact) mass is 264 g/mol. The second-order valence-corrected chi connectivity index (χ2v) is 5.38. The molecule has 8 N–H and O–H groups in total. The van der Waals surface area contributed by atoms with E-state index in [1.807, 2.05) is 0 Å². The first-order chi connectivity index (χ1) is 5.41. The van der Waals surface area contributed by atoms with Crippen LogP contribution in [0.15, 0.2) is 0 Å². The molecule has 0 spiro atoms. The van der Waals surface area contributed by atoms with Gasteiger partial charge in [-0.1, -0.05) is 0 Å². The minimum Gasteiger partial charge on any atom is -0.286 e. The highest BCUT2D eigenvalue weighted by molar-refractivity contribution is 8.33. The van der Waals surface area contributed by atoms with Crippen molar-refractivity contribution in [2.45, 2.75) is 0 Å². The molecule has 0 amide bonds. The Morgan fingerprint density at radius 2 is 0.769 bits per heavy atom. The van der Waals surface area contributed by atoms with Crippen LogP contribution in [0.1, 0.15) is 0 Å². The zero-order valence-electron chi connectivity index (χ0n) is 5.62. The number of hydrogen-bond acceptors (Lipinski definition) is 10. The summed E-state index contributed by atoms with van der Waals surface area (Å²) in [7, 11) is 0. The molecular formula is H8O10S3. The van der Waals surface area contributed by atoms with Crippen molar-refractivity contribution < 1.29 is 43.7 Å². The van der Waals surface area contributed by atoms with Gasteiger partial charge in [0.2, 0.25) is 33.5 Å². The fourth-order valence-electron chi connectivity index (χ4n) is 0.249. The van der Waals surface area contributed by atoms with Crippen molar-refractivity contribution in [2.75, 3.05) is 0 Å². The van der Waals surface area contributed by atoms with Gasteiger partial charge in [-0.25, -0.2) is 0 Å². The Labute approximate surface area is 77.6 Å². The molecule has 0 atom stereocenters. The van der Waals surface area contributed by atoms with Crippen molar-refractivity contribution in [3.8, 4) is 0 Å². The van der Waals surface area contributed by atoms with Gasteiger partial charge >= 0.3 is 0 Å². The van der Waals surface area contributed by atoms with E-state index in [1.165, 1.54) is 0 Å². The fourth-order valence-corrected chi connectivity index (χ4v) is 2.45. The summed E-state index contributed by atoms with van der Waals surface area (Å²) in [6.45, 7) is 0. The van der Waals surface area contributed by atoms with Gasteiger partial charge in [0.1, 0.15) is 0 Å². The molecule has 0 bridgehead atoms. The van der Waals surface area contributed by atoms with Crippen molar-refractivity contribution in [1.29, 1.82) is 0 Å². The lowest BCUT2D eigenvalue weighted by molar-refractivity contribution is 0.213. The van der Waals surface area contributed by atoms with Gasteiger partial charge in [-0.15, -0.1) is 7.26 Å². The van der Waals surface area contributed by atoms with Gasteiger partial charge in [0.25, 0.3) is 0 Å². The molecule has 13 heteroatoms. The molecule has 0 radical (unpaired) electrons. The summed E-state index contributed by atoms with van der Waals surface area (Å²) in [6.07, 6.45) is 0. The highest BCUT2D eigenvalue weighted by Crippen LogP contribution is 2.61.